The van der Waals surface area contributed by atoms with E-state index in [0.29, 0.717) is 6.54 Å². The minimum atomic E-state index is 0.469. The van der Waals surface area contributed by atoms with Gasteiger partial charge in [-0.3, -0.25) is 0 Å². The van der Waals surface area contributed by atoms with Crippen LogP contribution in [0.1, 0.15) is 18.1 Å². The Hall–Kier alpha value is -1.32. The summed E-state index contributed by atoms with van der Waals surface area (Å²) in [6.45, 7) is 2.59. The molecule has 0 atom stereocenters. The fraction of sp³-hybridized carbons (Fsp3) is 0.200. The molecule has 0 spiro atoms. The summed E-state index contributed by atoms with van der Waals surface area (Å²) >= 11 is 3.45. The van der Waals surface area contributed by atoms with Gasteiger partial charge in [0.15, 0.2) is 0 Å². The molecule has 0 bridgehead atoms. The largest absolute Gasteiger partial charge is 0.457 e. The van der Waals surface area contributed by atoms with Crippen molar-refractivity contribution in [3.8, 4) is 11.5 Å². The summed E-state index contributed by atoms with van der Waals surface area (Å²) in [6.07, 6.45) is 0.947. The summed E-state index contributed by atoms with van der Waals surface area (Å²) in [6, 6.07) is 14.0. The van der Waals surface area contributed by atoms with Crippen molar-refractivity contribution >= 4 is 15.9 Å². The molecular weight excluding hydrogens is 290 g/mol. The molecule has 0 saturated heterocycles. The van der Waals surface area contributed by atoms with Crippen molar-refractivity contribution in [3.63, 3.8) is 0 Å². The smallest absolute Gasteiger partial charge is 0.133 e. The topological polar surface area (TPSA) is 35.2 Å². The summed E-state index contributed by atoms with van der Waals surface area (Å²) in [5, 5.41) is 0. The Kier molecular flexibility index (Phi) is 4.39. The molecule has 0 unspecified atom stereocenters. The average Bonchev–Trinajstić information content (AvgIpc) is 2.40. The van der Waals surface area contributed by atoms with E-state index >= 15 is 0 Å². The monoisotopic (exact) mass is 305 g/mol. The zero-order valence-electron chi connectivity index (χ0n) is 10.3. The fourth-order valence-electron chi connectivity index (χ4n) is 1.81. The van der Waals surface area contributed by atoms with E-state index in [1.807, 2.05) is 36.4 Å². The van der Waals surface area contributed by atoms with Gasteiger partial charge in [0.1, 0.15) is 11.5 Å². The van der Waals surface area contributed by atoms with E-state index in [-0.39, 0.29) is 0 Å². The molecule has 3 heteroatoms. The average molecular weight is 306 g/mol. The van der Waals surface area contributed by atoms with Gasteiger partial charge in [0.05, 0.1) is 0 Å². The van der Waals surface area contributed by atoms with E-state index in [1.54, 1.807) is 0 Å². The van der Waals surface area contributed by atoms with Gasteiger partial charge in [-0.05, 0) is 30.2 Å². The van der Waals surface area contributed by atoms with Gasteiger partial charge in [0, 0.05) is 16.6 Å². The van der Waals surface area contributed by atoms with Gasteiger partial charge in [-0.15, -0.1) is 0 Å². The molecule has 0 radical (unpaired) electrons. The molecule has 0 amide bonds. The van der Waals surface area contributed by atoms with Crippen molar-refractivity contribution in [1.82, 2.24) is 0 Å². The summed E-state index contributed by atoms with van der Waals surface area (Å²) in [7, 11) is 0. The number of halogens is 1. The van der Waals surface area contributed by atoms with Crippen LogP contribution in [-0.4, -0.2) is 0 Å². The van der Waals surface area contributed by atoms with Crippen LogP contribution in [0.5, 0.6) is 11.5 Å². The Morgan fingerprint density at radius 2 is 1.83 bits per heavy atom. The van der Waals surface area contributed by atoms with E-state index < -0.39 is 0 Å². The number of aryl methyl sites for hydroxylation is 1. The maximum absolute atomic E-state index is 5.99. The van der Waals surface area contributed by atoms with Crippen molar-refractivity contribution in [2.24, 2.45) is 5.73 Å². The zero-order valence-corrected chi connectivity index (χ0v) is 11.9. The molecule has 94 valence electrons. The number of ether oxygens (including phenoxy) is 1. The lowest BCUT2D eigenvalue weighted by Gasteiger charge is -2.13. The van der Waals surface area contributed by atoms with Gasteiger partial charge in [0.25, 0.3) is 0 Å². The molecule has 2 rings (SSSR count). The number of benzene rings is 2. The van der Waals surface area contributed by atoms with Crippen LogP contribution in [0.2, 0.25) is 0 Å². The highest BCUT2D eigenvalue weighted by atomic mass is 79.9. The quantitative estimate of drug-likeness (QED) is 0.916. The highest BCUT2D eigenvalue weighted by Crippen LogP contribution is 2.30. The van der Waals surface area contributed by atoms with Crippen molar-refractivity contribution in [2.45, 2.75) is 19.9 Å². The Balaban J connectivity index is 2.36. The molecule has 2 aromatic carbocycles. The summed E-state index contributed by atoms with van der Waals surface area (Å²) < 4.78 is 6.98. The van der Waals surface area contributed by atoms with Crippen LogP contribution in [0.25, 0.3) is 0 Å². The molecule has 0 fully saturated rings. The Bertz CT molecular complexity index is 540. The van der Waals surface area contributed by atoms with Crippen molar-refractivity contribution < 1.29 is 4.74 Å². The van der Waals surface area contributed by atoms with Crippen LogP contribution >= 0.6 is 15.9 Å². The predicted molar refractivity (Wildman–Crippen MR) is 77.9 cm³/mol. The zero-order chi connectivity index (χ0) is 13.0. The molecule has 2 N–H and O–H groups in total. The Labute approximate surface area is 116 Å². The van der Waals surface area contributed by atoms with Crippen LogP contribution in [0.15, 0.2) is 46.9 Å². The van der Waals surface area contributed by atoms with E-state index in [1.165, 1.54) is 5.56 Å². The maximum atomic E-state index is 5.99. The van der Waals surface area contributed by atoms with Crippen molar-refractivity contribution in [3.05, 3.63) is 58.1 Å². The number of hydrogen-bond donors (Lipinski definition) is 1. The second kappa shape index (κ2) is 6.03. The standard InChI is InChI=1S/C15H16BrNO/c1-2-11-5-3-4-6-14(11)18-15-9-13(16)8-7-12(15)10-17/h3-9H,2,10,17H2,1H3. The predicted octanol–water partition coefficient (Wildman–Crippen LogP) is 4.26. The Morgan fingerprint density at radius 3 is 2.56 bits per heavy atom. The van der Waals surface area contributed by atoms with Gasteiger partial charge >= 0.3 is 0 Å². The highest BCUT2D eigenvalue weighted by molar-refractivity contribution is 9.10. The van der Waals surface area contributed by atoms with Crippen LogP contribution in [0.4, 0.5) is 0 Å². The number of para-hydroxylation sites is 1. The van der Waals surface area contributed by atoms with E-state index in [0.717, 1.165) is 28.0 Å². The third-order valence-electron chi connectivity index (χ3n) is 2.82. The van der Waals surface area contributed by atoms with E-state index in [2.05, 4.69) is 28.9 Å². The third kappa shape index (κ3) is 2.92. The van der Waals surface area contributed by atoms with Crippen molar-refractivity contribution in [1.29, 1.82) is 0 Å². The maximum Gasteiger partial charge on any atom is 0.133 e. The molecule has 0 heterocycles. The minimum absolute atomic E-state index is 0.469. The Morgan fingerprint density at radius 1 is 1.06 bits per heavy atom. The molecule has 2 aromatic rings. The second-order valence-corrected chi connectivity index (χ2v) is 4.94. The molecule has 0 aliphatic heterocycles. The van der Waals surface area contributed by atoms with Crippen LogP contribution in [-0.2, 0) is 13.0 Å². The van der Waals surface area contributed by atoms with Gasteiger partial charge in [0.2, 0.25) is 0 Å². The highest BCUT2D eigenvalue weighted by Gasteiger charge is 2.07. The van der Waals surface area contributed by atoms with Crippen LogP contribution in [0.3, 0.4) is 0 Å². The van der Waals surface area contributed by atoms with E-state index in [4.69, 9.17) is 10.5 Å². The summed E-state index contributed by atoms with van der Waals surface area (Å²) in [5.41, 5.74) is 7.93. The van der Waals surface area contributed by atoms with Gasteiger partial charge < -0.3 is 10.5 Å². The SMILES string of the molecule is CCc1ccccc1Oc1cc(Br)ccc1CN. The summed E-state index contributed by atoms with van der Waals surface area (Å²) in [4.78, 5) is 0. The fourth-order valence-corrected chi connectivity index (χ4v) is 2.15. The number of nitrogens with two attached hydrogens (primary N) is 1. The van der Waals surface area contributed by atoms with Gasteiger partial charge in [-0.25, -0.2) is 0 Å². The molecule has 0 aromatic heterocycles. The third-order valence-corrected chi connectivity index (χ3v) is 3.32. The lowest BCUT2D eigenvalue weighted by atomic mass is 10.1. The molecule has 0 saturated carbocycles. The lowest BCUT2D eigenvalue weighted by molar-refractivity contribution is 0.470. The molecular formula is C15H16BrNO. The first-order valence-electron chi connectivity index (χ1n) is 5.99. The summed E-state index contributed by atoms with van der Waals surface area (Å²) in [5.74, 6) is 1.71. The minimum Gasteiger partial charge on any atom is -0.457 e. The molecule has 2 nitrogen and oxygen atoms in total. The molecule has 0 aliphatic rings. The van der Waals surface area contributed by atoms with E-state index in [9.17, 15) is 0 Å². The number of rotatable bonds is 4. The number of hydrogen-bond acceptors (Lipinski definition) is 2. The van der Waals surface area contributed by atoms with Crippen LogP contribution in [0, 0.1) is 0 Å². The first kappa shape index (κ1) is 13.1. The first-order chi connectivity index (χ1) is 8.74. The van der Waals surface area contributed by atoms with Gasteiger partial charge in [-0.2, -0.15) is 0 Å². The molecule has 0 aliphatic carbocycles. The lowest BCUT2D eigenvalue weighted by Crippen LogP contribution is -2.00. The normalized spacial score (nSPS) is 10.4. The van der Waals surface area contributed by atoms with Crippen LogP contribution < -0.4 is 10.5 Å². The molecule has 18 heavy (non-hydrogen) atoms. The van der Waals surface area contributed by atoms with Gasteiger partial charge in [-0.1, -0.05) is 47.1 Å². The van der Waals surface area contributed by atoms with Crippen molar-refractivity contribution in [2.75, 3.05) is 0 Å². The first-order valence-corrected chi connectivity index (χ1v) is 6.78. The second-order valence-electron chi connectivity index (χ2n) is 4.02.